The Hall–Kier alpha value is -1.01. The van der Waals surface area contributed by atoms with E-state index >= 15 is 0 Å². The molecular formula is C21H35Cl2N3O2. The first-order chi connectivity index (χ1) is 12.6. The molecule has 0 aromatic heterocycles. The van der Waals surface area contributed by atoms with Gasteiger partial charge in [0.15, 0.2) is 0 Å². The number of benzene rings is 1. The van der Waals surface area contributed by atoms with Gasteiger partial charge in [0.1, 0.15) is 12.4 Å². The number of ether oxygens (including phenoxy) is 1. The number of nitrogens with zero attached hydrogens (tertiary/aromatic N) is 2. The van der Waals surface area contributed by atoms with E-state index in [-0.39, 0.29) is 30.7 Å². The van der Waals surface area contributed by atoms with Gasteiger partial charge in [-0.3, -0.25) is 4.79 Å². The molecule has 160 valence electrons. The number of piperidine rings is 1. The molecule has 0 saturated carbocycles. The van der Waals surface area contributed by atoms with E-state index in [0.29, 0.717) is 24.7 Å². The van der Waals surface area contributed by atoms with Gasteiger partial charge in [0.2, 0.25) is 0 Å². The van der Waals surface area contributed by atoms with Crippen LogP contribution in [0.2, 0.25) is 0 Å². The van der Waals surface area contributed by atoms with Crippen LogP contribution in [-0.4, -0.2) is 67.1 Å². The number of halogens is 2. The van der Waals surface area contributed by atoms with E-state index < -0.39 is 0 Å². The van der Waals surface area contributed by atoms with E-state index in [1.807, 2.05) is 36.2 Å². The summed E-state index contributed by atoms with van der Waals surface area (Å²) >= 11 is 0. The molecule has 1 aromatic rings. The molecule has 2 saturated heterocycles. The fourth-order valence-electron chi connectivity index (χ4n) is 4.24. The lowest BCUT2D eigenvalue weighted by Gasteiger charge is -2.35. The second-order valence-corrected chi connectivity index (χ2v) is 7.58. The second-order valence-electron chi connectivity index (χ2n) is 7.58. The number of fused-ring (bicyclic) bond motifs is 2. The minimum absolute atomic E-state index is 0. The summed E-state index contributed by atoms with van der Waals surface area (Å²) in [7, 11) is 1.95. The van der Waals surface area contributed by atoms with E-state index in [4.69, 9.17) is 4.74 Å². The van der Waals surface area contributed by atoms with Crippen LogP contribution in [0.25, 0.3) is 0 Å². The van der Waals surface area contributed by atoms with Crippen molar-refractivity contribution in [3.05, 3.63) is 29.8 Å². The van der Waals surface area contributed by atoms with Crippen LogP contribution in [0.3, 0.4) is 0 Å². The summed E-state index contributed by atoms with van der Waals surface area (Å²) < 4.78 is 5.81. The Labute approximate surface area is 182 Å². The van der Waals surface area contributed by atoms with Gasteiger partial charge in [-0.05, 0) is 63.0 Å². The number of carbonyl (C=O) groups is 1. The van der Waals surface area contributed by atoms with Gasteiger partial charge in [0, 0.05) is 37.3 Å². The van der Waals surface area contributed by atoms with Crippen molar-refractivity contribution in [2.75, 3.05) is 33.3 Å². The number of hydrogen-bond donors (Lipinski definition) is 1. The highest BCUT2D eigenvalue weighted by Gasteiger charge is 2.36. The van der Waals surface area contributed by atoms with E-state index in [2.05, 4.69) is 24.1 Å². The maximum atomic E-state index is 12.8. The number of likely N-dealkylation sites (N-methyl/N-ethyl adjacent to an activating group) is 1. The number of nitrogens with one attached hydrogen (secondary N) is 1. The number of amides is 1. The molecule has 2 unspecified atom stereocenters. The molecule has 2 aliphatic heterocycles. The third-order valence-corrected chi connectivity index (χ3v) is 5.99. The summed E-state index contributed by atoms with van der Waals surface area (Å²) in [5.74, 6) is 0.947. The smallest absolute Gasteiger partial charge is 0.253 e. The van der Waals surface area contributed by atoms with Crippen LogP contribution in [0.1, 0.15) is 49.9 Å². The van der Waals surface area contributed by atoms with Crippen LogP contribution >= 0.6 is 24.8 Å². The zero-order valence-electron chi connectivity index (χ0n) is 17.2. The SMILES string of the molecule is CCN(CC)CCOc1ccc(C(=O)N(C)C2CC3CCC(C2)N3)cc1.Cl.Cl. The van der Waals surface area contributed by atoms with Crippen molar-refractivity contribution >= 4 is 30.7 Å². The Morgan fingerprint density at radius 1 is 1.07 bits per heavy atom. The third-order valence-electron chi connectivity index (χ3n) is 5.99. The van der Waals surface area contributed by atoms with Crippen molar-refractivity contribution in [2.45, 2.75) is 57.7 Å². The van der Waals surface area contributed by atoms with Crippen molar-refractivity contribution < 1.29 is 9.53 Å². The highest BCUT2D eigenvalue weighted by molar-refractivity contribution is 5.94. The summed E-state index contributed by atoms with van der Waals surface area (Å²) in [5, 5.41) is 3.64. The van der Waals surface area contributed by atoms with Gasteiger partial charge in [0.25, 0.3) is 5.91 Å². The van der Waals surface area contributed by atoms with Crippen LogP contribution in [0, 0.1) is 0 Å². The fourth-order valence-corrected chi connectivity index (χ4v) is 4.24. The highest BCUT2D eigenvalue weighted by Crippen LogP contribution is 2.30. The highest BCUT2D eigenvalue weighted by atomic mass is 35.5. The van der Waals surface area contributed by atoms with Crippen molar-refractivity contribution in [3.63, 3.8) is 0 Å². The fraction of sp³-hybridized carbons (Fsp3) is 0.667. The van der Waals surface area contributed by atoms with Crippen LogP contribution in [0.4, 0.5) is 0 Å². The largest absolute Gasteiger partial charge is 0.492 e. The average molecular weight is 432 g/mol. The first kappa shape index (κ1) is 25.0. The third kappa shape index (κ3) is 6.24. The monoisotopic (exact) mass is 431 g/mol. The van der Waals surface area contributed by atoms with E-state index in [9.17, 15) is 4.79 Å². The quantitative estimate of drug-likeness (QED) is 0.682. The lowest BCUT2D eigenvalue weighted by Crippen LogP contribution is -2.48. The molecule has 1 aromatic carbocycles. The molecule has 2 bridgehead atoms. The molecule has 1 amide bonds. The van der Waals surface area contributed by atoms with Crippen molar-refractivity contribution in [2.24, 2.45) is 0 Å². The van der Waals surface area contributed by atoms with Gasteiger partial charge in [-0.25, -0.2) is 0 Å². The first-order valence-electron chi connectivity index (χ1n) is 10.1. The minimum Gasteiger partial charge on any atom is -0.492 e. The van der Waals surface area contributed by atoms with Crippen LogP contribution in [0.5, 0.6) is 5.75 Å². The molecule has 2 aliphatic rings. The predicted molar refractivity (Wildman–Crippen MR) is 119 cm³/mol. The van der Waals surface area contributed by atoms with Crippen LogP contribution in [-0.2, 0) is 0 Å². The normalized spacial score (nSPS) is 22.9. The first-order valence-corrected chi connectivity index (χ1v) is 10.1. The molecule has 2 fully saturated rings. The maximum absolute atomic E-state index is 12.8. The lowest BCUT2D eigenvalue weighted by molar-refractivity contribution is 0.0681. The Kier molecular flexibility index (Phi) is 10.6. The molecule has 28 heavy (non-hydrogen) atoms. The summed E-state index contributed by atoms with van der Waals surface area (Å²) in [4.78, 5) is 17.1. The topological polar surface area (TPSA) is 44.8 Å². The zero-order valence-corrected chi connectivity index (χ0v) is 18.9. The molecule has 1 N–H and O–H groups in total. The Morgan fingerprint density at radius 3 is 2.18 bits per heavy atom. The van der Waals surface area contributed by atoms with Gasteiger partial charge in [-0.2, -0.15) is 0 Å². The van der Waals surface area contributed by atoms with Gasteiger partial charge in [-0.1, -0.05) is 13.8 Å². The summed E-state index contributed by atoms with van der Waals surface area (Å²) in [6.45, 7) is 8.00. The Balaban J connectivity index is 0.00000196. The zero-order chi connectivity index (χ0) is 18.5. The number of carbonyl (C=O) groups excluding carboxylic acids is 1. The molecule has 3 rings (SSSR count). The number of hydrogen-bond acceptors (Lipinski definition) is 4. The van der Waals surface area contributed by atoms with E-state index in [1.165, 1.54) is 12.8 Å². The Bertz CT molecular complexity index is 584. The maximum Gasteiger partial charge on any atom is 0.253 e. The minimum atomic E-state index is 0. The van der Waals surface area contributed by atoms with Crippen LogP contribution < -0.4 is 10.1 Å². The second kappa shape index (κ2) is 11.9. The van der Waals surface area contributed by atoms with Crippen molar-refractivity contribution in [3.8, 4) is 5.75 Å². The molecular weight excluding hydrogens is 397 g/mol. The molecule has 2 heterocycles. The van der Waals surface area contributed by atoms with Gasteiger partial charge >= 0.3 is 0 Å². The van der Waals surface area contributed by atoms with E-state index in [0.717, 1.165) is 43.8 Å². The van der Waals surface area contributed by atoms with Crippen molar-refractivity contribution in [1.82, 2.24) is 15.1 Å². The van der Waals surface area contributed by atoms with Crippen molar-refractivity contribution in [1.29, 1.82) is 0 Å². The van der Waals surface area contributed by atoms with Crippen LogP contribution in [0.15, 0.2) is 24.3 Å². The lowest BCUT2D eigenvalue weighted by atomic mass is 9.98. The summed E-state index contributed by atoms with van der Waals surface area (Å²) in [5.41, 5.74) is 0.745. The number of rotatable bonds is 8. The average Bonchev–Trinajstić information content (AvgIpc) is 3.02. The van der Waals surface area contributed by atoms with Gasteiger partial charge in [0.05, 0.1) is 0 Å². The Morgan fingerprint density at radius 2 is 1.64 bits per heavy atom. The molecule has 0 radical (unpaired) electrons. The summed E-state index contributed by atoms with van der Waals surface area (Å²) in [6, 6.07) is 9.14. The molecule has 0 spiro atoms. The van der Waals surface area contributed by atoms with E-state index in [1.54, 1.807) is 0 Å². The molecule has 0 aliphatic carbocycles. The molecule has 5 nitrogen and oxygen atoms in total. The standard InChI is InChI=1S/C21H33N3O2.2ClH/c1-4-24(5-2)12-13-26-20-10-6-16(7-11-20)21(25)23(3)19-14-17-8-9-18(15-19)22-17;;/h6-7,10-11,17-19,22H,4-5,8-9,12-15H2,1-3H3;2*1H. The van der Waals surface area contributed by atoms with Gasteiger partial charge < -0.3 is 19.9 Å². The summed E-state index contributed by atoms with van der Waals surface area (Å²) in [6.07, 6.45) is 4.65. The predicted octanol–water partition coefficient (Wildman–Crippen LogP) is 3.61. The molecule has 7 heteroatoms. The molecule has 2 atom stereocenters. The van der Waals surface area contributed by atoms with Gasteiger partial charge in [-0.15, -0.1) is 24.8 Å².